The van der Waals surface area contributed by atoms with Gasteiger partial charge < -0.3 is 14.7 Å². The molecule has 23 heavy (non-hydrogen) atoms. The summed E-state index contributed by atoms with van der Waals surface area (Å²) in [6, 6.07) is 9.00. The van der Waals surface area contributed by atoms with Crippen LogP contribution in [0.5, 0.6) is 5.75 Å². The topological polar surface area (TPSA) is 66.8 Å². The van der Waals surface area contributed by atoms with Gasteiger partial charge >= 0.3 is 0 Å². The number of aryl methyl sites for hydroxylation is 1. The fraction of sp³-hybridized carbons (Fsp3) is 0.333. The van der Waals surface area contributed by atoms with Crippen molar-refractivity contribution in [3.05, 3.63) is 41.5 Å². The molecule has 1 saturated heterocycles. The molecule has 1 amide bonds. The number of fused-ring (bicyclic) bond motifs is 1. The molecule has 2 aromatic carbocycles. The molecule has 120 valence electrons. The van der Waals surface area contributed by atoms with Gasteiger partial charge in [-0.15, -0.1) is 0 Å². The van der Waals surface area contributed by atoms with Crippen molar-refractivity contribution in [2.75, 3.05) is 26.3 Å². The third-order valence-corrected chi connectivity index (χ3v) is 4.21. The molecular formula is C18H19NO4. The fourth-order valence-electron chi connectivity index (χ4n) is 2.89. The van der Waals surface area contributed by atoms with Crippen molar-refractivity contribution in [3.63, 3.8) is 0 Å². The average Bonchev–Trinajstić information content (AvgIpc) is 2.60. The molecule has 5 heteroatoms. The lowest BCUT2D eigenvalue weighted by molar-refractivity contribution is -0.135. The SMILES string of the molecule is O=Cc1c(O)ccc2cc(CCC(=O)N3CCOCC3)ccc12. The zero-order valence-corrected chi connectivity index (χ0v) is 12.8. The van der Waals surface area contributed by atoms with Gasteiger partial charge in [-0.25, -0.2) is 0 Å². The Labute approximate surface area is 134 Å². The van der Waals surface area contributed by atoms with Crippen molar-refractivity contribution in [1.29, 1.82) is 0 Å². The van der Waals surface area contributed by atoms with Gasteiger partial charge in [0, 0.05) is 19.5 Å². The highest BCUT2D eigenvalue weighted by atomic mass is 16.5. The van der Waals surface area contributed by atoms with E-state index in [4.69, 9.17) is 4.74 Å². The van der Waals surface area contributed by atoms with Crippen molar-refractivity contribution in [3.8, 4) is 5.75 Å². The summed E-state index contributed by atoms with van der Waals surface area (Å²) in [6.45, 7) is 2.55. The first kappa shape index (κ1) is 15.5. The zero-order chi connectivity index (χ0) is 16.2. The Morgan fingerprint density at radius 1 is 1.22 bits per heavy atom. The molecule has 0 aliphatic carbocycles. The van der Waals surface area contributed by atoms with Crippen molar-refractivity contribution in [1.82, 2.24) is 4.90 Å². The number of aromatic hydroxyl groups is 1. The molecule has 0 bridgehead atoms. The van der Waals surface area contributed by atoms with Gasteiger partial charge in [-0.2, -0.15) is 0 Å². The van der Waals surface area contributed by atoms with Gasteiger partial charge in [0.05, 0.1) is 18.8 Å². The van der Waals surface area contributed by atoms with Crippen molar-refractivity contribution >= 4 is 23.0 Å². The van der Waals surface area contributed by atoms with Crippen molar-refractivity contribution in [2.24, 2.45) is 0 Å². The number of phenols is 1. The molecule has 1 aliphatic heterocycles. The number of ether oxygens (including phenoxy) is 1. The Bertz CT molecular complexity index is 735. The Morgan fingerprint density at radius 2 is 2.00 bits per heavy atom. The highest BCUT2D eigenvalue weighted by Gasteiger charge is 2.16. The second-order valence-corrected chi connectivity index (χ2v) is 5.66. The predicted molar refractivity (Wildman–Crippen MR) is 86.7 cm³/mol. The van der Waals surface area contributed by atoms with Gasteiger partial charge in [-0.05, 0) is 28.8 Å². The smallest absolute Gasteiger partial charge is 0.223 e. The zero-order valence-electron chi connectivity index (χ0n) is 12.8. The van der Waals surface area contributed by atoms with Gasteiger partial charge in [-0.3, -0.25) is 9.59 Å². The lowest BCUT2D eigenvalue weighted by Gasteiger charge is -2.26. The number of hydrogen-bond donors (Lipinski definition) is 1. The Kier molecular flexibility index (Phi) is 4.57. The van der Waals surface area contributed by atoms with Crippen LogP contribution in [0, 0.1) is 0 Å². The van der Waals surface area contributed by atoms with Crippen LogP contribution in [-0.4, -0.2) is 48.5 Å². The molecule has 0 radical (unpaired) electrons. The number of morpholine rings is 1. The monoisotopic (exact) mass is 313 g/mol. The molecule has 3 rings (SSSR count). The van der Waals surface area contributed by atoms with Crippen LogP contribution < -0.4 is 0 Å². The quantitative estimate of drug-likeness (QED) is 0.878. The largest absolute Gasteiger partial charge is 0.507 e. The average molecular weight is 313 g/mol. The number of amides is 1. The summed E-state index contributed by atoms with van der Waals surface area (Å²) in [5, 5.41) is 11.3. The van der Waals surface area contributed by atoms with Gasteiger partial charge in [-0.1, -0.05) is 24.3 Å². The Balaban J connectivity index is 1.72. The number of benzene rings is 2. The normalized spacial score (nSPS) is 14.9. The maximum Gasteiger partial charge on any atom is 0.223 e. The van der Waals surface area contributed by atoms with Crippen LogP contribution >= 0.6 is 0 Å². The minimum atomic E-state index is -0.0113. The molecule has 5 nitrogen and oxygen atoms in total. The molecule has 2 aromatic rings. The number of nitrogens with zero attached hydrogens (tertiary/aromatic N) is 1. The number of carbonyl (C=O) groups excluding carboxylic acids is 2. The summed E-state index contributed by atoms with van der Waals surface area (Å²) < 4.78 is 5.25. The maximum atomic E-state index is 12.2. The molecule has 0 spiro atoms. The van der Waals surface area contributed by atoms with Crippen LogP contribution in [0.2, 0.25) is 0 Å². The van der Waals surface area contributed by atoms with Gasteiger partial charge in [0.25, 0.3) is 0 Å². The highest BCUT2D eigenvalue weighted by Crippen LogP contribution is 2.26. The summed E-state index contributed by atoms with van der Waals surface area (Å²) in [5.41, 5.74) is 1.35. The standard InChI is InChI=1S/C18H19NO4/c20-12-16-15-4-1-13(11-14(15)3-5-17(16)21)2-6-18(22)19-7-9-23-10-8-19/h1,3-5,11-12,21H,2,6-10H2. The van der Waals surface area contributed by atoms with Gasteiger partial charge in [0.2, 0.25) is 5.91 Å². The predicted octanol–water partition coefficient (Wildman–Crippen LogP) is 2.15. The van der Waals surface area contributed by atoms with E-state index >= 15 is 0 Å². The van der Waals surface area contributed by atoms with Crippen LogP contribution in [0.4, 0.5) is 0 Å². The molecule has 1 fully saturated rings. The second kappa shape index (κ2) is 6.79. The van der Waals surface area contributed by atoms with Crippen molar-refractivity contribution < 1.29 is 19.4 Å². The number of rotatable bonds is 4. The van der Waals surface area contributed by atoms with E-state index in [2.05, 4.69) is 0 Å². The molecule has 1 N–H and O–H groups in total. The van der Waals surface area contributed by atoms with Crippen molar-refractivity contribution in [2.45, 2.75) is 12.8 Å². The minimum absolute atomic E-state index is 0.0113. The van der Waals surface area contributed by atoms with Gasteiger partial charge in [0.15, 0.2) is 6.29 Å². The van der Waals surface area contributed by atoms with Crippen LogP contribution in [-0.2, 0) is 16.0 Å². The summed E-state index contributed by atoms with van der Waals surface area (Å²) in [7, 11) is 0. The number of carbonyl (C=O) groups is 2. The van der Waals surface area contributed by atoms with Crippen LogP contribution in [0.15, 0.2) is 30.3 Å². The van der Waals surface area contributed by atoms with Gasteiger partial charge in [0.1, 0.15) is 5.75 Å². The summed E-state index contributed by atoms with van der Waals surface area (Å²) in [4.78, 5) is 25.1. The first-order valence-electron chi connectivity index (χ1n) is 7.74. The molecule has 0 saturated carbocycles. The second-order valence-electron chi connectivity index (χ2n) is 5.66. The number of aldehydes is 1. The van der Waals surface area contributed by atoms with E-state index in [0.717, 1.165) is 16.3 Å². The molecule has 0 atom stereocenters. The van der Waals surface area contributed by atoms with E-state index in [1.807, 2.05) is 23.1 Å². The van der Waals surface area contributed by atoms with E-state index in [-0.39, 0.29) is 11.7 Å². The number of phenolic OH excluding ortho intramolecular Hbond substituents is 1. The van der Waals surface area contributed by atoms with Crippen LogP contribution in [0.3, 0.4) is 0 Å². The third kappa shape index (κ3) is 3.35. The first-order valence-corrected chi connectivity index (χ1v) is 7.74. The van der Waals surface area contributed by atoms with Crippen LogP contribution in [0.25, 0.3) is 10.8 Å². The first-order chi connectivity index (χ1) is 11.2. The van der Waals surface area contributed by atoms with E-state index in [9.17, 15) is 14.7 Å². The van der Waals surface area contributed by atoms with E-state index in [1.165, 1.54) is 6.07 Å². The fourth-order valence-corrected chi connectivity index (χ4v) is 2.89. The minimum Gasteiger partial charge on any atom is -0.507 e. The summed E-state index contributed by atoms with van der Waals surface area (Å²) in [5.74, 6) is 0.135. The maximum absolute atomic E-state index is 12.2. The van der Waals surface area contributed by atoms with Crippen LogP contribution in [0.1, 0.15) is 22.3 Å². The summed E-state index contributed by atoms with van der Waals surface area (Å²) in [6.07, 6.45) is 1.78. The third-order valence-electron chi connectivity index (χ3n) is 4.21. The number of hydrogen-bond acceptors (Lipinski definition) is 4. The molecule has 1 aliphatic rings. The van der Waals surface area contributed by atoms with E-state index < -0.39 is 0 Å². The lowest BCUT2D eigenvalue weighted by atomic mass is 10.00. The van der Waals surface area contributed by atoms with E-state index in [1.54, 1.807) is 6.07 Å². The lowest BCUT2D eigenvalue weighted by Crippen LogP contribution is -2.40. The Morgan fingerprint density at radius 3 is 2.74 bits per heavy atom. The molecule has 0 aromatic heterocycles. The van der Waals surface area contributed by atoms with E-state index in [0.29, 0.717) is 51.0 Å². The summed E-state index contributed by atoms with van der Waals surface area (Å²) >= 11 is 0. The molecular weight excluding hydrogens is 294 g/mol. The highest BCUT2D eigenvalue weighted by molar-refractivity contribution is 6.00. The molecule has 0 unspecified atom stereocenters. The Hall–Kier alpha value is -2.40. The molecule has 1 heterocycles.